The third-order valence-corrected chi connectivity index (χ3v) is 2.08. The van der Waals surface area contributed by atoms with Gasteiger partial charge in [-0.05, 0) is 24.1 Å². The van der Waals surface area contributed by atoms with Gasteiger partial charge >= 0.3 is 0 Å². The number of hydrogen-bond donors (Lipinski definition) is 3. The van der Waals surface area contributed by atoms with Gasteiger partial charge in [0.2, 0.25) is 5.12 Å². The molecule has 0 saturated heterocycles. The quantitative estimate of drug-likeness (QED) is 0.489. The van der Waals surface area contributed by atoms with Crippen LogP contribution in [0.4, 0.5) is 5.69 Å². The summed E-state index contributed by atoms with van der Waals surface area (Å²) < 4.78 is 0. The number of carbonyl (C=O) groups excluding carboxylic acids is 1. The lowest BCUT2D eigenvalue weighted by atomic mass is 10.1. The minimum atomic E-state index is -0.535. The fourth-order valence-corrected chi connectivity index (χ4v) is 1.09. The number of anilines is 1. The largest absolute Gasteiger partial charge is 0.399 e. The molecule has 0 aliphatic carbocycles. The van der Waals surface area contributed by atoms with Crippen LogP contribution >= 0.6 is 12.6 Å². The summed E-state index contributed by atoms with van der Waals surface area (Å²) in [4.78, 5) is 10.7. The summed E-state index contributed by atoms with van der Waals surface area (Å²) in [6, 6.07) is 6.74. The van der Waals surface area contributed by atoms with Crippen molar-refractivity contribution in [3.8, 4) is 0 Å². The Hall–Kier alpha value is -1.00. The maximum atomic E-state index is 10.7. The van der Waals surface area contributed by atoms with Gasteiger partial charge in [0.05, 0.1) is 6.04 Å². The molecule has 13 heavy (non-hydrogen) atoms. The highest BCUT2D eigenvalue weighted by Gasteiger charge is 2.09. The van der Waals surface area contributed by atoms with Crippen molar-refractivity contribution in [2.45, 2.75) is 12.5 Å². The number of rotatable bonds is 3. The van der Waals surface area contributed by atoms with E-state index < -0.39 is 6.04 Å². The van der Waals surface area contributed by atoms with Crippen molar-refractivity contribution >= 4 is 23.4 Å². The van der Waals surface area contributed by atoms with E-state index in [2.05, 4.69) is 12.6 Å². The van der Waals surface area contributed by atoms with Gasteiger partial charge in [0.1, 0.15) is 0 Å². The minimum Gasteiger partial charge on any atom is -0.399 e. The van der Waals surface area contributed by atoms with Crippen molar-refractivity contribution in [3.63, 3.8) is 0 Å². The molecule has 1 atom stereocenters. The van der Waals surface area contributed by atoms with E-state index in [4.69, 9.17) is 11.5 Å². The number of thiol groups is 1. The van der Waals surface area contributed by atoms with Gasteiger partial charge in [-0.2, -0.15) is 0 Å². The van der Waals surface area contributed by atoms with Crippen LogP contribution in [0.1, 0.15) is 5.56 Å². The van der Waals surface area contributed by atoms with E-state index in [1.807, 2.05) is 12.1 Å². The van der Waals surface area contributed by atoms with Crippen LogP contribution < -0.4 is 11.5 Å². The van der Waals surface area contributed by atoms with Gasteiger partial charge in [-0.1, -0.05) is 12.1 Å². The summed E-state index contributed by atoms with van der Waals surface area (Å²) in [5.74, 6) is 0. The van der Waals surface area contributed by atoms with Crippen molar-refractivity contribution in [2.75, 3.05) is 5.73 Å². The van der Waals surface area contributed by atoms with Crippen LogP contribution in [0.3, 0.4) is 0 Å². The van der Waals surface area contributed by atoms with E-state index in [0.717, 1.165) is 5.56 Å². The molecule has 0 radical (unpaired) electrons. The van der Waals surface area contributed by atoms with Crippen LogP contribution in [-0.2, 0) is 11.2 Å². The molecule has 0 unspecified atom stereocenters. The Kier molecular flexibility index (Phi) is 3.33. The molecule has 70 valence electrons. The van der Waals surface area contributed by atoms with Gasteiger partial charge in [0.15, 0.2) is 0 Å². The van der Waals surface area contributed by atoms with E-state index in [9.17, 15) is 4.79 Å². The monoisotopic (exact) mass is 196 g/mol. The summed E-state index contributed by atoms with van der Waals surface area (Å²) in [7, 11) is 0. The molecule has 0 aliphatic heterocycles. The van der Waals surface area contributed by atoms with Gasteiger partial charge in [0, 0.05) is 5.69 Å². The van der Waals surface area contributed by atoms with Crippen LogP contribution in [0.15, 0.2) is 24.3 Å². The first-order valence-electron chi connectivity index (χ1n) is 3.92. The highest BCUT2D eigenvalue weighted by molar-refractivity contribution is 7.96. The molecule has 0 amide bonds. The average Bonchev–Trinajstić information content (AvgIpc) is 2.08. The summed E-state index contributed by atoms with van der Waals surface area (Å²) in [6.07, 6.45) is 0.503. The zero-order valence-corrected chi connectivity index (χ0v) is 8.00. The molecule has 0 aromatic heterocycles. The molecule has 0 spiro atoms. The molecule has 0 fully saturated rings. The second-order valence-corrected chi connectivity index (χ2v) is 3.33. The maximum absolute atomic E-state index is 10.7. The van der Waals surface area contributed by atoms with E-state index in [1.165, 1.54) is 0 Å². The van der Waals surface area contributed by atoms with Gasteiger partial charge in [-0.15, -0.1) is 12.6 Å². The van der Waals surface area contributed by atoms with Crippen molar-refractivity contribution in [2.24, 2.45) is 5.73 Å². The Morgan fingerprint density at radius 1 is 1.38 bits per heavy atom. The molecule has 4 N–H and O–H groups in total. The topological polar surface area (TPSA) is 69.1 Å². The fraction of sp³-hybridized carbons (Fsp3) is 0.222. The summed E-state index contributed by atoms with van der Waals surface area (Å²) in [5, 5.41) is -0.295. The molecule has 3 nitrogen and oxygen atoms in total. The second-order valence-electron chi connectivity index (χ2n) is 2.89. The predicted molar refractivity (Wildman–Crippen MR) is 56.5 cm³/mol. The molecule has 1 aromatic carbocycles. The number of hydrogen-bond acceptors (Lipinski definition) is 3. The third kappa shape index (κ3) is 3.08. The number of nitrogens with two attached hydrogens (primary N) is 2. The molecule has 0 aliphatic rings. The average molecular weight is 196 g/mol. The smallest absolute Gasteiger partial charge is 0.202 e. The minimum absolute atomic E-state index is 0.295. The van der Waals surface area contributed by atoms with Gasteiger partial charge in [-0.25, -0.2) is 0 Å². The lowest BCUT2D eigenvalue weighted by Gasteiger charge is -2.06. The molecule has 0 bridgehead atoms. The fourth-order valence-electron chi connectivity index (χ4n) is 0.995. The summed E-state index contributed by atoms with van der Waals surface area (Å²) in [5.41, 5.74) is 12.7. The Balaban J connectivity index is 2.64. The number of carbonyl (C=O) groups is 1. The lowest BCUT2D eigenvalue weighted by molar-refractivity contribution is -0.111. The third-order valence-electron chi connectivity index (χ3n) is 1.75. The first-order valence-corrected chi connectivity index (χ1v) is 4.37. The normalized spacial score (nSPS) is 12.5. The Bertz CT molecular complexity index is 297. The van der Waals surface area contributed by atoms with E-state index in [0.29, 0.717) is 12.1 Å². The Labute approximate surface area is 82.5 Å². The van der Waals surface area contributed by atoms with Crippen molar-refractivity contribution in [1.29, 1.82) is 0 Å². The van der Waals surface area contributed by atoms with Crippen LogP contribution in [0, 0.1) is 0 Å². The molecule has 1 rings (SSSR count). The van der Waals surface area contributed by atoms with Crippen molar-refractivity contribution in [1.82, 2.24) is 0 Å². The summed E-state index contributed by atoms with van der Waals surface area (Å²) in [6.45, 7) is 0. The molecule has 1 aromatic rings. The van der Waals surface area contributed by atoms with Gasteiger partial charge < -0.3 is 11.5 Å². The van der Waals surface area contributed by atoms with Crippen LogP contribution in [0.5, 0.6) is 0 Å². The van der Waals surface area contributed by atoms with Crippen LogP contribution in [0.25, 0.3) is 0 Å². The highest BCUT2D eigenvalue weighted by Crippen LogP contribution is 2.07. The second kappa shape index (κ2) is 4.30. The molecule has 4 heteroatoms. The van der Waals surface area contributed by atoms with Crippen molar-refractivity contribution in [3.05, 3.63) is 29.8 Å². The van der Waals surface area contributed by atoms with E-state index in [-0.39, 0.29) is 5.12 Å². The number of benzene rings is 1. The molecular formula is C9H12N2OS. The van der Waals surface area contributed by atoms with E-state index >= 15 is 0 Å². The zero-order chi connectivity index (χ0) is 9.84. The standard InChI is InChI=1S/C9H12N2OS/c10-7-3-1-6(2-4-7)5-8(11)9(12)13/h1-4,8H,5,10-11H2,(H,12,13)/t8-/m0/s1. The first kappa shape index (κ1) is 10.1. The lowest BCUT2D eigenvalue weighted by Crippen LogP contribution is -2.29. The van der Waals surface area contributed by atoms with Gasteiger partial charge in [-0.3, -0.25) is 4.79 Å². The Morgan fingerprint density at radius 3 is 2.38 bits per heavy atom. The Morgan fingerprint density at radius 2 is 1.92 bits per heavy atom. The predicted octanol–water partition coefficient (Wildman–Crippen LogP) is 0.595. The van der Waals surface area contributed by atoms with Gasteiger partial charge in [0.25, 0.3) is 0 Å². The van der Waals surface area contributed by atoms with Crippen molar-refractivity contribution < 1.29 is 4.79 Å². The molecule has 0 heterocycles. The highest BCUT2D eigenvalue weighted by atomic mass is 32.1. The first-order chi connectivity index (χ1) is 6.09. The SMILES string of the molecule is Nc1ccc(C[C@H](N)C(=O)S)cc1. The van der Waals surface area contributed by atoms with Crippen LogP contribution in [-0.4, -0.2) is 11.2 Å². The van der Waals surface area contributed by atoms with Crippen LogP contribution in [0.2, 0.25) is 0 Å². The number of nitrogen functional groups attached to an aromatic ring is 1. The zero-order valence-electron chi connectivity index (χ0n) is 7.10. The maximum Gasteiger partial charge on any atom is 0.202 e. The van der Waals surface area contributed by atoms with E-state index in [1.54, 1.807) is 12.1 Å². The molecule has 0 saturated carbocycles. The molecular weight excluding hydrogens is 184 g/mol. The summed E-state index contributed by atoms with van der Waals surface area (Å²) >= 11 is 3.65.